The van der Waals surface area contributed by atoms with E-state index in [9.17, 15) is 22.0 Å². The number of hydrogen-bond donors (Lipinski definition) is 2. The molecule has 3 aromatic rings. The van der Waals surface area contributed by atoms with Crippen LogP contribution in [0, 0.1) is 11.6 Å². The maximum absolute atomic E-state index is 13.8. The van der Waals surface area contributed by atoms with Crippen LogP contribution in [0.3, 0.4) is 0 Å². The van der Waals surface area contributed by atoms with Crippen molar-refractivity contribution in [1.29, 1.82) is 0 Å². The quantitative estimate of drug-likeness (QED) is 0.631. The minimum Gasteiger partial charge on any atom is -0.321 e. The largest absolute Gasteiger partial charge is 0.321 e. The standard InChI is InChI=1S/C18H11F2N3O3S2/c19-10-1-3-14(20)16(7-10)23-28(25,26)11-2-4-15-12(8-11)13(18(24)22-15)9-17-21-5-6-27-17/h1-9,23H,(H,22,24)/b13-9+. The highest BCUT2D eigenvalue weighted by Crippen LogP contribution is 2.35. The summed E-state index contributed by atoms with van der Waals surface area (Å²) in [6.45, 7) is 0. The van der Waals surface area contributed by atoms with Crippen molar-refractivity contribution in [2.75, 3.05) is 10.0 Å². The summed E-state index contributed by atoms with van der Waals surface area (Å²) in [7, 11) is -4.21. The highest BCUT2D eigenvalue weighted by atomic mass is 32.2. The second-order valence-corrected chi connectivity index (χ2v) is 8.43. The molecule has 0 spiro atoms. The molecule has 4 rings (SSSR count). The summed E-state index contributed by atoms with van der Waals surface area (Å²) in [4.78, 5) is 16.1. The molecule has 1 aliphatic rings. The van der Waals surface area contributed by atoms with Crippen LogP contribution in [0.1, 0.15) is 10.6 Å². The number of thiazole rings is 1. The number of anilines is 2. The maximum Gasteiger partial charge on any atom is 0.262 e. The van der Waals surface area contributed by atoms with Crippen LogP contribution >= 0.6 is 11.3 Å². The van der Waals surface area contributed by atoms with Gasteiger partial charge < -0.3 is 5.32 Å². The van der Waals surface area contributed by atoms with Gasteiger partial charge in [-0.05, 0) is 36.4 Å². The zero-order chi connectivity index (χ0) is 19.9. The van der Waals surface area contributed by atoms with Crippen molar-refractivity contribution in [1.82, 2.24) is 4.98 Å². The minimum atomic E-state index is -4.21. The molecule has 0 bridgehead atoms. The molecule has 0 fully saturated rings. The number of carbonyl (C=O) groups excluding carboxylic acids is 1. The van der Waals surface area contributed by atoms with Gasteiger partial charge in [-0.2, -0.15) is 0 Å². The Bertz CT molecular complexity index is 1220. The molecule has 0 unspecified atom stereocenters. The number of amides is 1. The molecule has 0 saturated carbocycles. The number of carbonyl (C=O) groups is 1. The fraction of sp³-hybridized carbons (Fsp3) is 0. The van der Waals surface area contributed by atoms with Gasteiger partial charge in [-0.15, -0.1) is 11.3 Å². The van der Waals surface area contributed by atoms with Crippen LogP contribution in [-0.2, 0) is 14.8 Å². The van der Waals surface area contributed by atoms with Gasteiger partial charge in [-0.3, -0.25) is 9.52 Å². The number of nitrogens with one attached hydrogen (secondary N) is 2. The van der Waals surface area contributed by atoms with E-state index in [1.165, 1.54) is 29.5 Å². The molecule has 6 nitrogen and oxygen atoms in total. The van der Waals surface area contributed by atoms with Gasteiger partial charge in [-0.25, -0.2) is 22.2 Å². The van der Waals surface area contributed by atoms with Gasteiger partial charge >= 0.3 is 0 Å². The molecule has 0 atom stereocenters. The van der Waals surface area contributed by atoms with E-state index in [2.05, 4.69) is 10.3 Å². The molecule has 0 radical (unpaired) electrons. The monoisotopic (exact) mass is 419 g/mol. The molecule has 28 heavy (non-hydrogen) atoms. The van der Waals surface area contributed by atoms with E-state index in [0.717, 1.165) is 18.2 Å². The number of aromatic nitrogens is 1. The molecule has 0 saturated heterocycles. The van der Waals surface area contributed by atoms with E-state index >= 15 is 0 Å². The summed E-state index contributed by atoms with van der Waals surface area (Å²) in [5, 5.41) is 4.99. The van der Waals surface area contributed by atoms with E-state index in [-0.39, 0.29) is 16.4 Å². The molecule has 1 amide bonds. The van der Waals surface area contributed by atoms with E-state index in [1.807, 2.05) is 4.72 Å². The summed E-state index contributed by atoms with van der Waals surface area (Å²) < 4.78 is 54.4. The first-order valence-corrected chi connectivity index (χ1v) is 10.2. The van der Waals surface area contributed by atoms with Crippen LogP contribution in [-0.4, -0.2) is 19.3 Å². The second-order valence-electron chi connectivity index (χ2n) is 5.82. The Kier molecular flexibility index (Phi) is 4.44. The van der Waals surface area contributed by atoms with Crippen LogP contribution in [0.15, 0.2) is 52.9 Å². The highest BCUT2D eigenvalue weighted by molar-refractivity contribution is 7.92. The summed E-state index contributed by atoms with van der Waals surface area (Å²) in [5.41, 5.74) is 0.582. The highest BCUT2D eigenvalue weighted by Gasteiger charge is 2.27. The van der Waals surface area contributed by atoms with Gasteiger partial charge in [0.15, 0.2) is 0 Å². The fourth-order valence-corrected chi connectivity index (χ4v) is 4.34. The molecule has 1 aliphatic heterocycles. The van der Waals surface area contributed by atoms with Crippen molar-refractivity contribution < 1.29 is 22.0 Å². The van der Waals surface area contributed by atoms with Crippen LogP contribution in [0.25, 0.3) is 11.6 Å². The van der Waals surface area contributed by atoms with Gasteiger partial charge in [0, 0.05) is 28.9 Å². The number of fused-ring (bicyclic) bond motifs is 1. The van der Waals surface area contributed by atoms with Crippen molar-refractivity contribution in [3.63, 3.8) is 0 Å². The zero-order valence-corrected chi connectivity index (χ0v) is 15.6. The average molecular weight is 419 g/mol. The Balaban J connectivity index is 1.73. The number of hydrogen-bond acceptors (Lipinski definition) is 5. The molecule has 2 heterocycles. The number of rotatable bonds is 4. The molecule has 2 aromatic carbocycles. The van der Waals surface area contributed by atoms with Gasteiger partial charge in [-0.1, -0.05) is 0 Å². The normalized spacial score (nSPS) is 14.8. The molecule has 10 heteroatoms. The van der Waals surface area contributed by atoms with E-state index in [4.69, 9.17) is 0 Å². The average Bonchev–Trinajstić information content (AvgIpc) is 3.26. The molecule has 142 valence electrons. The first-order valence-electron chi connectivity index (χ1n) is 7.88. The maximum atomic E-state index is 13.8. The lowest BCUT2D eigenvalue weighted by Crippen LogP contribution is -2.14. The Morgan fingerprint density at radius 2 is 1.96 bits per heavy atom. The Labute approximate surface area is 162 Å². The number of halogens is 2. The third kappa shape index (κ3) is 3.39. The van der Waals surface area contributed by atoms with Crippen LogP contribution in [0.4, 0.5) is 20.2 Å². The number of sulfonamides is 1. The van der Waals surface area contributed by atoms with Crippen molar-refractivity contribution >= 4 is 50.3 Å². The minimum absolute atomic E-state index is 0.198. The SMILES string of the molecule is O=C1Nc2ccc(S(=O)(=O)Nc3cc(F)ccc3F)cc2/C1=C\c1nccs1. The Morgan fingerprint density at radius 1 is 1.14 bits per heavy atom. The zero-order valence-electron chi connectivity index (χ0n) is 13.9. The summed E-state index contributed by atoms with van der Waals surface area (Å²) in [5.74, 6) is -2.08. The summed E-state index contributed by atoms with van der Waals surface area (Å²) in [6.07, 6.45) is 3.14. The molecular weight excluding hydrogens is 408 g/mol. The Morgan fingerprint density at radius 3 is 2.71 bits per heavy atom. The van der Waals surface area contributed by atoms with Crippen molar-refractivity contribution in [3.05, 3.63) is 70.2 Å². The van der Waals surface area contributed by atoms with Crippen molar-refractivity contribution in [2.24, 2.45) is 0 Å². The molecular formula is C18H11F2N3O3S2. The molecule has 1 aromatic heterocycles. The number of benzene rings is 2. The third-order valence-corrected chi connectivity index (χ3v) is 6.06. The predicted molar refractivity (Wildman–Crippen MR) is 102 cm³/mol. The second kappa shape index (κ2) is 6.80. The first-order chi connectivity index (χ1) is 13.3. The van der Waals surface area contributed by atoms with Crippen LogP contribution in [0.2, 0.25) is 0 Å². The van der Waals surface area contributed by atoms with E-state index in [1.54, 1.807) is 17.7 Å². The molecule has 2 N–H and O–H groups in total. The topological polar surface area (TPSA) is 88.2 Å². The van der Waals surface area contributed by atoms with Gasteiger partial charge in [0.25, 0.3) is 15.9 Å². The van der Waals surface area contributed by atoms with E-state index < -0.39 is 27.3 Å². The lowest BCUT2D eigenvalue weighted by Gasteiger charge is -2.10. The van der Waals surface area contributed by atoms with Crippen LogP contribution in [0.5, 0.6) is 0 Å². The lowest BCUT2D eigenvalue weighted by molar-refractivity contribution is -0.110. The van der Waals surface area contributed by atoms with E-state index in [0.29, 0.717) is 16.3 Å². The Hall–Kier alpha value is -3.11. The number of nitrogens with zero attached hydrogens (tertiary/aromatic N) is 1. The lowest BCUT2D eigenvalue weighted by atomic mass is 10.1. The summed E-state index contributed by atoms with van der Waals surface area (Å²) >= 11 is 1.33. The molecule has 0 aliphatic carbocycles. The third-order valence-electron chi connectivity index (χ3n) is 3.98. The van der Waals surface area contributed by atoms with Crippen LogP contribution < -0.4 is 10.0 Å². The van der Waals surface area contributed by atoms with Crippen molar-refractivity contribution in [3.8, 4) is 0 Å². The summed E-state index contributed by atoms with van der Waals surface area (Å²) in [6, 6.07) is 6.46. The fourth-order valence-electron chi connectivity index (χ4n) is 2.69. The van der Waals surface area contributed by atoms with Crippen molar-refractivity contribution in [2.45, 2.75) is 4.90 Å². The van der Waals surface area contributed by atoms with Gasteiger partial charge in [0.05, 0.1) is 16.2 Å². The van der Waals surface area contributed by atoms with Gasteiger partial charge in [0.2, 0.25) is 0 Å². The van der Waals surface area contributed by atoms with Gasteiger partial charge in [0.1, 0.15) is 16.6 Å². The predicted octanol–water partition coefficient (Wildman–Crippen LogP) is 3.71. The smallest absolute Gasteiger partial charge is 0.262 e. The first kappa shape index (κ1) is 18.3.